The summed E-state index contributed by atoms with van der Waals surface area (Å²) in [6.07, 6.45) is 0.230. The van der Waals surface area contributed by atoms with Crippen molar-refractivity contribution in [3.05, 3.63) is 71.6 Å². The summed E-state index contributed by atoms with van der Waals surface area (Å²) in [4.78, 5) is -0.0581. The molecule has 0 fully saturated rings. The van der Waals surface area contributed by atoms with E-state index < -0.39 is 26.1 Å². The van der Waals surface area contributed by atoms with Crippen LogP contribution in [0, 0.1) is 0 Å². The Hall–Kier alpha value is -2.16. The third-order valence-electron chi connectivity index (χ3n) is 3.51. The van der Waals surface area contributed by atoms with E-state index in [1.807, 2.05) is 30.3 Å². The summed E-state index contributed by atoms with van der Waals surface area (Å²) in [6.45, 7) is 0.369. The fourth-order valence-corrected chi connectivity index (χ4v) is 4.56. The molecule has 0 bridgehead atoms. The molecule has 0 saturated heterocycles. The van der Waals surface area contributed by atoms with Crippen molar-refractivity contribution in [1.29, 1.82) is 0 Å². The first kappa shape index (κ1) is 17.7. The van der Waals surface area contributed by atoms with Crippen LogP contribution in [0.3, 0.4) is 0 Å². The Morgan fingerprint density at radius 2 is 1.68 bits per heavy atom. The van der Waals surface area contributed by atoms with Gasteiger partial charge in [0.25, 0.3) is 10.1 Å². The van der Waals surface area contributed by atoms with E-state index >= 15 is 0 Å². The van der Waals surface area contributed by atoms with E-state index in [2.05, 4.69) is 0 Å². The molecular formula is C17H16O6S2. The van der Waals surface area contributed by atoms with Crippen LogP contribution in [0.4, 0.5) is 0 Å². The predicted octanol–water partition coefficient (Wildman–Crippen LogP) is 2.28. The number of hydrogen-bond donors (Lipinski definition) is 0. The summed E-state index contributed by atoms with van der Waals surface area (Å²) in [5.41, 5.74) is 0.997. The number of rotatable bonds is 6. The van der Waals surface area contributed by atoms with Crippen LogP contribution in [-0.4, -0.2) is 28.7 Å². The van der Waals surface area contributed by atoms with E-state index in [4.69, 9.17) is 8.92 Å². The molecule has 1 aliphatic heterocycles. The van der Waals surface area contributed by atoms with Crippen LogP contribution in [0.5, 0.6) is 5.75 Å². The standard InChI is InChI=1S/C17H16O6S2/c18-24(19)11-10-16(13-24)23-25(20,21)17-8-6-15(7-9-17)22-12-14-4-2-1-3-5-14/h1-11,16H,12-13H2. The minimum Gasteiger partial charge on any atom is -0.489 e. The molecule has 3 rings (SSSR count). The van der Waals surface area contributed by atoms with Crippen LogP contribution in [0.1, 0.15) is 5.56 Å². The molecule has 132 valence electrons. The molecule has 0 amide bonds. The second kappa shape index (κ2) is 6.99. The molecule has 1 unspecified atom stereocenters. The SMILES string of the molecule is O=S1(=O)C=CC(OS(=O)(=O)c2ccc(OCc3ccccc3)cc2)C1. The molecule has 0 N–H and O–H groups in total. The summed E-state index contributed by atoms with van der Waals surface area (Å²) in [5, 5.41) is 0.966. The van der Waals surface area contributed by atoms with Crippen molar-refractivity contribution in [1.82, 2.24) is 0 Å². The van der Waals surface area contributed by atoms with E-state index in [0.29, 0.717) is 12.4 Å². The van der Waals surface area contributed by atoms with Crippen LogP contribution >= 0.6 is 0 Å². The van der Waals surface area contributed by atoms with E-state index in [1.165, 1.54) is 30.3 Å². The maximum absolute atomic E-state index is 12.2. The Kier molecular flexibility index (Phi) is 4.94. The molecule has 1 atom stereocenters. The summed E-state index contributed by atoms with van der Waals surface area (Å²) in [7, 11) is -7.43. The highest BCUT2D eigenvalue weighted by atomic mass is 32.2. The van der Waals surface area contributed by atoms with Gasteiger partial charge in [0, 0.05) is 5.41 Å². The van der Waals surface area contributed by atoms with E-state index in [0.717, 1.165) is 11.0 Å². The Morgan fingerprint density at radius 1 is 1.00 bits per heavy atom. The molecule has 0 aliphatic carbocycles. The lowest BCUT2D eigenvalue weighted by Gasteiger charge is -2.11. The summed E-state index contributed by atoms with van der Waals surface area (Å²) in [6, 6.07) is 15.4. The lowest BCUT2D eigenvalue weighted by Crippen LogP contribution is -2.20. The van der Waals surface area contributed by atoms with Gasteiger partial charge in [-0.25, -0.2) is 8.42 Å². The Morgan fingerprint density at radius 3 is 2.28 bits per heavy atom. The van der Waals surface area contributed by atoms with Gasteiger partial charge in [-0.3, -0.25) is 4.18 Å². The quantitative estimate of drug-likeness (QED) is 0.715. The fourth-order valence-electron chi connectivity index (χ4n) is 2.27. The average Bonchev–Trinajstić information content (AvgIpc) is 2.92. The second-order valence-electron chi connectivity index (χ2n) is 5.49. The lowest BCUT2D eigenvalue weighted by molar-refractivity contribution is 0.279. The molecule has 0 radical (unpaired) electrons. The van der Waals surface area contributed by atoms with Crippen molar-refractivity contribution < 1.29 is 25.8 Å². The molecule has 8 heteroatoms. The highest BCUT2D eigenvalue weighted by molar-refractivity contribution is 7.94. The molecule has 2 aromatic carbocycles. The predicted molar refractivity (Wildman–Crippen MR) is 92.2 cm³/mol. The smallest absolute Gasteiger partial charge is 0.297 e. The lowest BCUT2D eigenvalue weighted by atomic mass is 10.2. The maximum Gasteiger partial charge on any atom is 0.297 e. The monoisotopic (exact) mass is 380 g/mol. The molecule has 6 nitrogen and oxygen atoms in total. The second-order valence-corrected chi connectivity index (χ2v) is 9.00. The highest BCUT2D eigenvalue weighted by Crippen LogP contribution is 2.22. The van der Waals surface area contributed by atoms with Gasteiger partial charge in [-0.2, -0.15) is 8.42 Å². The first-order valence-corrected chi connectivity index (χ1v) is 10.6. The van der Waals surface area contributed by atoms with Gasteiger partial charge in [0.15, 0.2) is 9.84 Å². The van der Waals surface area contributed by atoms with E-state index in [1.54, 1.807) is 0 Å². The van der Waals surface area contributed by atoms with Gasteiger partial charge in [-0.05, 0) is 35.9 Å². The summed E-state index contributed by atoms with van der Waals surface area (Å²) >= 11 is 0. The summed E-state index contributed by atoms with van der Waals surface area (Å²) in [5.74, 6) is 0.149. The molecule has 0 spiro atoms. The largest absolute Gasteiger partial charge is 0.489 e. The van der Waals surface area contributed by atoms with Crippen molar-refractivity contribution in [3.8, 4) is 5.75 Å². The van der Waals surface area contributed by atoms with Crippen molar-refractivity contribution in [2.45, 2.75) is 17.6 Å². The van der Waals surface area contributed by atoms with E-state index in [-0.39, 0.29) is 10.6 Å². The average molecular weight is 380 g/mol. The molecular weight excluding hydrogens is 364 g/mol. The Balaban J connectivity index is 1.64. The van der Waals surface area contributed by atoms with Crippen molar-refractivity contribution in [2.75, 3.05) is 5.75 Å². The molecule has 25 heavy (non-hydrogen) atoms. The van der Waals surface area contributed by atoms with Crippen LogP contribution in [0.25, 0.3) is 0 Å². The van der Waals surface area contributed by atoms with Crippen LogP contribution in [-0.2, 0) is 30.7 Å². The van der Waals surface area contributed by atoms with Crippen molar-refractivity contribution >= 4 is 20.0 Å². The molecule has 0 aromatic heterocycles. The Bertz CT molecular complexity index is 962. The molecule has 2 aromatic rings. The fraction of sp³-hybridized carbons (Fsp3) is 0.176. The van der Waals surface area contributed by atoms with Gasteiger partial charge in [-0.15, -0.1) is 0 Å². The number of ether oxygens (including phenoxy) is 1. The zero-order valence-electron chi connectivity index (χ0n) is 13.1. The third-order valence-corrected chi connectivity index (χ3v) is 6.22. The van der Waals surface area contributed by atoms with Gasteiger partial charge in [-0.1, -0.05) is 30.3 Å². The topological polar surface area (TPSA) is 86.7 Å². The third kappa shape index (κ3) is 4.68. The minimum absolute atomic E-state index is 0.0581. The molecule has 1 aliphatic rings. The van der Waals surface area contributed by atoms with Crippen LogP contribution in [0.15, 0.2) is 71.0 Å². The van der Waals surface area contributed by atoms with Crippen molar-refractivity contribution in [3.63, 3.8) is 0 Å². The number of hydrogen-bond acceptors (Lipinski definition) is 6. The zero-order valence-corrected chi connectivity index (χ0v) is 14.7. The zero-order chi connectivity index (χ0) is 17.9. The first-order valence-electron chi connectivity index (χ1n) is 7.45. The maximum atomic E-state index is 12.2. The van der Waals surface area contributed by atoms with Crippen LogP contribution < -0.4 is 4.74 Å². The molecule has 1 heterocycles. The van der Waals surface area contributed by atoms with Gasteiger partial charge in [0.1, 0.15) is 18.5 Å². The van der Waals surface area contributed by atoms with Crippen LogP contribution in [0.2, 0.25) is 0 Å². The van der Waals surface area contributed by atoms with E-state index in [9.17, 15) is 16.8 Å². The number of sulfone groups is 1. The van der Waals surface area contributed by atoms with Crippen molar-refractivity contribution in [2.24, 2.45) is 0 Å². The minimum atomic E-state index is -4.05. The molecule has 0 saturated carbocycles. The first-order chi connectivity index (χ1) is 11.8. The Labute approximate surface area is 146 Å². The van der Waals surface area contributed by atoms with Gasteiger partial charge in [0.05, 0.1) is 10.6 Å². The normalized spacial score (nSPS) is 19.0. The summed E-state index contributed by atoms with van der Waals surface area (Å²) < 4.78 is 57.6. The number of benzene rings is 2. The van der Waals surface area contributed by atoms with Gasteiger partial charge >= 0.3 is 0 Å². The highest BCUT2D eigenvalue weighted by Gasteiger charge is 2.28. The van der Waals surface area contributed by atoms with Gasteiger partial charge < -0.3 is 4.74 Å². The van der Waals surface area contributed by atoms with Gasteiger partial charge in [0.2, 0.25) is 0 Å².